The molecule has 1 aromatic rings. The Morgan fingerprint density at radius 2 is 2.04 bits per heavy atom. The molecule has 0 aliphatic carbocycles. The minimum atomic E-state index is -3.61. The molecule has 144 valence electrons. The molecule has 2 N–H and O–H groups in total. The van der Waals surface area contributed by atoms with Crippen molar-refractivity contribution in [2.75, 3.05) is 44.7 Å². The van der Waals surface area contributed by atoms with Crippen molar-refractivity contribution >= 4 is 44.6 Å². The lowest BCUT2D eigenvalue weighted by Crippen LogP contribution is -2.44. The van der Waals surface area contributed by atoms with E-state index in [0.717, 1.165) is 19.4 Å². The van der Waals surface area contributed by atoms with E-state index >= 15 is 0 Å². The molecule has 2 saturated heterocycles. The smallest absolute Gasteiger partial charge is 0.243 e. The Bertz CT molecular complexity index is 769. The summed E-state index contributed by atoms with van der Waals surface area (Å²) in [5.41, 5.74) is 0.436. The Morgan fingerprint density at radius 3 is 2.73 bits per heavy atom. The van der Waals surface area contributed by atoms with Crippen LogP contribution in [0.25, 0.3) is 0 Å². The number of aliphatic hydroxyl groups is 1. The van der Waals surface area contributed by atoms with Crippen LogP contribution in [0, 0.1) is 0 Å². The van der Waals surface area contributed by atoms with Crippen LogP contribution in [-0.2, 0) is 14.8 Å². The van der Waals surface area contributed by atoms with Crippen molar-refractivity contribution in [3.05, 3.63) is 23.2 Å². The van der Waals surface area contributed by atoms with Crippen LogP contribution in [0.1, 0.15) is 12.8 Å². The van der Waals surface area contributed by atoms with E-state index in [9.17, 15) is 13.5 Å². The van der Waals surface area contributed by atoms with Crippen molar-refractivity contribution in [3.8, 4) is 0 Å². The summed E-state index contributed by atoms with van der Waals surface area (Å²) < 4.78 is 32.2. The molecule has 0 radical (unpaired) electrons. The van der Waals surface area contributed by atoms with Gasteiger partial charge in [0.25, 0.3) is 0 Å². The maximum absolute atomic E-state index is 12.8. The molecule has 10 heteroatoms. The van der Waals surface area contributed by atoms with Crippen LogP contribution in [0.4, 0.5) is 5.69 Å². The zero-order valence-corrected chi connectivity index (χ0v) is 16.6. The zero-order chi connectivity index (χ0) is 18.7. The number of nitrogens with one attached hydrogen (secondary N) is 1. The number of sulfonamides is 1. The van der Waals surface area contributed by atoms with Crippen molar-refractivity contribution in [1.29, 1.82) is 0 Å². The Morgan fingerprint density at radius 1 is 1.31 bits per heavy atom. The average Bonchev–Trinajstić information content (AvgIpc) is 2.64. The average molecular weight is 420 g/mol. The van der Waals surface area contributed by atoms with E-state index in [1.54, 1.807) is 6.07 Å². The van der Waals surface area contributed by atoms with E-state index in [1.807, 2.05) is 4.90 Å². The minimum Gasteiger partial charge on any atom is -0.391 e. The largest absolute Gasteiger partial charge is 0.391 e. The van der Waals surface area contributed by atoms with Crippen LogP contribution in [-0.4, -0.2) is 73.3 Å². The lowest BCUT2D eigenvalue weighted by Gasteiger charge is -2.32. The number of ether oxygens (including phenoxy) is 1. The van der Waals surface area contributed by atoms with E-state index in [2.05, 4.69) is 5.32 Å². The lowest BCUT2D eigenvalue weighted by atomic mass is 10.1. The van der Waals surface area contributed by atoms with Crippen LogP contribution in [0.15, 0.2) is 23.1 Å². The number of likely N-dealkylation sites (tertiary alicyclic amines) is 1. The lowest BCUT2D eigenvalue weighted by molar-refractivity contribution is 0.0730. The van der Waals surface area contributed by atoms with Gasteiger partial charge in [-0.2, -0.15) is 4.31 Å². The highest BCUT2D eigenvalue weighted by Crippen LogP contribution is 2.28. The SMILES string of the molecule is O=S(=O)(c1ccc(Cl)c(NC(=S)N2CCC[C@@H](O)C2)c1)N1CCOCC1. The predicted octanol–water partition coefficient (Wildman–Crippen LogP) is 1.51. The van der Waals surface area contributed by atoms with Gasteiger partial charge >= 0.3 is 0 Å². The number of thiocarbonyl (C=S) groups is 1. The second-order valence-electron chi connectivity index (χ2n) is 6.33. The first-order chi connectivity index (χ1) is 12.4. The first kappa shape index (κ1) is 19.8. The number of hydrogen-bond donors (Lipinski definition) is 2. The molecule has 2 aliphatic rings. The van der Waals surface area contributed by atoms with Gasteiger partial charge in [-0.25, -0.2) is 8.42 Å². The highest BCUT2D eigenvalue weighted by atomic mass is 35.5. The summed E-state index contributed by atoms with van der Waals surface area (Å²) in [5, 5.41) is 13.6. The molecular formula is C16H22ClN3O4S2. The molecule has 0 spiro atoms. The summed E-state index contributed by atoms with van der Waals surface area (Å²) in [6, 6.07) is 4.54. The Balaban J connectivity index is 1.78. The molecule has 2 aliphatic heterocycles. The topological polar surface area (TPSA) is 82.1 Å². The first-order valence-electron chi connectivity index (χ1n) is 8.49. The third kappa shape index (κ3) is 4.47. The van der Waals surface area contributed by atoms with Gasteiger partial charge in [-0.05, 0) is 43.3 Å². The standard InChI is InChI=1S/C16H22ClN3O4S2/c17-14-4-3-13(26(22,23)20-6-8-24-9-7-20)10-15(14)18-16(25)19-5-1-2-12(21)11-19/h3-4,10,12,21H,1-2,5-9,11H2,(H,18,25)/t12-/m1/s1. The van der Waals surface area contributed by atoms with Crippen LogP contribution in [0.3, 0.4) is 0 Å². The van der Waals surface area contributed by atoms with Gasteiger partial charge in [0.05, 0.1) is 34.9 Å². The number of benzene rings is 1. The molecule has 1 aromatic carbocycles. The predicted molar refractivity (Wildman–Crippen MR) is 104 cm³/mol. The maximum atomic E-state index is 12.8. The fourth-order valence-corrected chi connectivity index (χ4v) is 4.91. The molecular weight excluding hydrogens is 398 g/mol. The van der Waals surface area contributed by atoms with Crippen LogP contribution in [0.2, 0.25) is 5.02 Å². The Labute approximate surface area is 163 Å². The van der Waals surface area contributed by atoms with Crippen molar-refractivity contribution in [1.82, 2.24) is 9.21 Å². The molecule has 0 bridgehead atoms. The van der Waals surface area contributed by atoms with E-state index in [0.29, 0.717) is 48.7 Å². The van der Waals surface area contributed by atoms with Crippen LogP contribution < -0.4 is 5.32 Å². The number of morpholine rings is 1. The Hall–Kier alpha value is -0.970. The summed E-state index contributed by atoms with van der Waals surface area (Å²) in [4.78, 5) is 2.02. The van der Waals surface area contributed by atoms with Crippen molar-refractivity contribution < 1.29 is 18.3 Å². The van der Waals surface area contributed by atoms with E-state index in [-0.39, 0.29) is 4.90 Å². The van der Waals surface area contributed by atoms with Gasteiger partial charge in [-0.3, -0.25) is 0 Å². The van der Waals surface area contributed by atoms with Gasteiger partial charge in [0, 0.05) is 26.2 Å². The molecule has 7 nitrogen and oxygen atoms in total. The monoisotopic (exact) mass is 419 g/mol. The Kier molecular flexibility index (Phi) is 6.37. The van der Waals surface area contributed by atoms with Gasteiger partial charge in [0.2, 0.25) is 10.0 Å². The number of β-amino-alcohol motifs (C(OH)–C–C–N with tert-alkyl or cyclic N) is 1. The summed E-state index contributed by atoms with van der Waals surface area (Å²) in [6.45, 7) is 2.63. The summed E-state index contributed by atoms with van der Waals surface area (Å²) in [7, 11) is -3.61. The highest BCUT2D eigenvalue weighted by molar-refractivity contribution is 7.89. The molecule has 0 aromatic heterocycles. The normalized spacial score (nSPS) is 22.2. The number of piperidine rings is 1. The zero-order valence-electron chi connectivity index (χ0n) is 14.2. The van der Waals surface area contributed by atoms with Crippen molar-refractivity contribution in [2.24, 2.45) is 0 Å². The quantitative estimate of drug-likeness (QED) is 0.718. The van der Waals surface area contributed by atoms with E-state index in [4.69, 9.17) is 28.6 Å². The molecule has 2 heterocycles. The number of rotatable bonds is 3. The molecule has 0 amide bonds. The van der Waals surface area contributed by atoms with Gasteiger partial charge in [-0.15, -0.1) is 0 Å². The summed E-state index contributed by atoms with van der Waals surface area (Å²) in [6.07, 6.45) is 1.20. The molecule has 3 rings (SSSR count). The number of halogens is 1. The maximum Gasteiger partial charge on any atom is 0.243 e. The molecule has 2 fully saturated rings. The fraction of sp³-hybridized carbons (Fsp3) is 0.562. The van der Waals surface area contributed by atoms with Crippen molar-refractivity contribution in [3.63, 3.8) is 0 Å². The van der Waals surface area contributed by atoms with Gasteiger partial charge < -0.3 is 20.1 Å². The molecule has 0 unspecified atom stereocenters. The highest BCUT2D eigenvalue weighted by Gasteiger charge is 2.27. The molecule has 0 saturated carbocycles. The van der Waals surface area contributed by atoms with Gasteiger partial charge in [0.15, 0.2) is 5.11 Å². The molecule has 1 atom stereocenters. The summed E-state index contributed by atoms with van der Waals surface area (Å²) in [5.74, 6) is 0. The van der Waals surface area contributed by atoms with Gasteiger partial charge in [-0.1, -0.05) is 11.6 Å². The summed E-state index contributed by atoms with van der Waals surface area (Å²) >= 11 is 11.6. The number of hydrogen-bond acceptors (Lipinski definition) is 5. The number of nitrogens with zero attached hydrogens (tertiary/aromatic N) is 2. The number of aliphatic hydroxyl groups excluding tert-OH is 1. The van der Waals surface area contributed by atoms with E-state index < -0.39 is 16.1 Å². The first-order valence-corrected chi connectivity index (χ1v) is 10.7. The van der Waals surface area contributed by atoms with Crippen LogP contribution in [0.5, 0.6) is 0 Å². The fourth-order valence-electron chi connectivity index (χ4n) is 3.03. The van der Waals surface area contributed by atoms with E-state index in [1.165, 1.54) is 16.4 Å². The van der Waals surface area contributed by atoms with Crippen LogP contribution >= 0.6 is 23.8 Å². The van der Waals surface area contributed by atoms with Crippen molar-refractivity contribution in [2.45, 2.75) is 23.8 Å². The molecule has 26 heavy (non-hydrogen) atoms. The number of anilines is 1. The minimum absolute atomic E-state index is 0.160. The van der Waals surface area contributed by atoms with Gasteiger partial charge in [0.1, 0.15) is 0 Å². The third-order valence-corrected chi connectivity index (χ3v) is 7.06. The third-order valence-electron chi connectivity index (χ3n) is 4.47. The second kappa shape index (κ2) is 8.37. The second-order valence-corrected chi connectivity index (χ2v) is 9.06.